The van der Waals surface area contributed by atoms with Crippen LogP contribution in [0.25, 0.3) is 0 Å². The second kappa shape index (κ2) is 8.17. The van der Waals surface area contributed by atoms with Crippen molar-refractivity contribution in [2.24, 2.45) is 0 Å². The molecule has 0 atom stereocenters. The van der Waals surface area contributed by atoms with E-state index in [4.69, 9.17) is 14.5 Å². The number of nitrogens with zero attached hydrogens (tertiary/aromatic N) is 2. The van der Waals surface area contributed by atoms with Crippen LogP contribution in [0.3, 0.4) is 0 Å². The lowest BCUT2D eigenvalue weighted by molar-refractivity contribution is 0.0716. The lowest BCUT2D eigenvalue weighted by Gasteiger charge is -2.19. The minimum absolute atomic E-state index is 0.626. The number of hydrogen-bond acceptors (Lipinski definition) is 5. The number of hydrogen-bond donors (Lipinski definition) is 1. The van der Waals surface area contributed by atoms with E-state index in [-0.39, 0.29) is 0 Å². The van der Waals surface area contributed by atoms with Crippen LogP contribution < -0.4 is 5.32 Å². The predicted octanol–water partition coefficient (Wildman–Crippen LogP) is 1.99. The van der Waals surface area contributed by atoms with Gasteiger partial charge in [0.05, 0.1) is 19.8 Å². The Balaban J connectivity index is 2.00. The molecular weight excluding hydrogens is 254 g/mol. The zero-order valence-electron chi connectivity index (χ0n) is 12.6. The Kier molecular flexibility index (Phi) is 6.21. The second-order valence-corrected chi connectivity index (χ2v) is 5.01. The summed E-state index contributed by atoms with van der Waals surface area (Å²) in [6.07, 6.45) is 5.42. The summed E-state index contributed by atoms with van der Waals surface area (Å²) in [7, 11) is 1.68. The molecule has 0 fully saturated rings. The molecule has 0 aromatic carbocycles. The van der Waals surface area contributed by atoms with Gasteiger partial charge in [0.15, 0.2) is 0 Å². The third-order valence-corrected chi connectivity index (χ3v) is 3.48. The number of aryl methyl sites for hydroxylation is 1. The van der Waals surface area contributed by atoms with Gasteiger partial charge < -0.3 is 14.8 Å². The average Bonchev–Trinajstić information content (AvgIpc) is 2.47. The van der Waals surface area contributed by atoms with Crippen LogP contribution in [0.4, 0.5) is 5.82 Å². The molecule has 20 heavy (non-hydrogen) atoms. The topological polar surface area (TPSA) is 56.3 Å². The molecule has 0 amide bonds. The third kappa shape index (κ3) is 4.15. The minimum atomic E-state index is 0.626. The summed E-state index contributed by atoms with van der Waals surface area (Å²) >= 11 is 0. The molecule has 1 heterocycles. The fourth-order valence-electron chi connectivity index (χ4n) is 2.48. The first-order valence-corrected chi connectivity index (χ1v) is 7.54. The molecule has 0 radical (unpaired) electrons. The largest absolute Gasteiger partial charge is 0.382 e. The zero-order chi connectivity index (χ0) is 14.2. The van der Waals surface area contributed by atoms with Gasteiger partial charge in [-0.3, -0.25) is 0 Å². The Morgan fingerprint density at radius 3 is 2.75 bits per heavy atom. The van der Waals surface area contributed by atoms with Crippen molar-refractivity contribution in [3.63, 3.8) is 0 Å². The molecule has 0 spiro atoms. The van der Waals surface area contributed by atoms with Gasteiger partial charge in [0, 0.05) is 31.3 Å². The smallest absolute Gasteiger partial charge is 0.133 e. The van der Waals surface area contributed by atoms with Crippen LogP contribution in [0.5, 0.6) is 0 Å². The van der Waals surface area contributed by atoms with E-state index in [9.17, 15) is 0 Å². The normalized spacial score (nSPS) is 14.1. The molecule has 1 aromatic rings. The van der Waals surface area contributed by atoms with Crippen LogP contribution in [0, 0.1) is 0 Å². The Labute approximate surface area is 121 Å². The summed E-state index contributed by atoms with van der Waals surface area (Å²) in [6, 6.07) is 0. The van der Waals surface area contributed by atoms with Crippen molar-refractivity contribution >= 4 is 5.82 Å². The molecule has 0 bridgehead atoms. The summed E-state index contributed by atoms with van der Waals surface area (Å²) in [5.41, 5.74) is 2.55. The van der Waals surface area contributed by atoms with Crippen molar-refractivity contribution in [1.82, 2.24) is 9.97 Å². The molecule has 2 rings (SSSR count). The molecule has 5 heteroatoms. The van der Waals surface area contributed by atoms with Gasteiger partial charge in [-0.2, -0.15) is 0 Å². The van der Waals surface area contributed by atoms with E-state index in [1.807, 2.05) is 0 Å². The van der Waals surface area contributed by atoms with E-state index < -0.39 is 0 Å². The van der Waals surface area contributed by atoms with Crippen molar-refractivity contribution < 1.29 is 9.47 Å². The Morgan fingerprint density at radius 1 is 1.10 bits per heavy atom. The maximum atomic E-state index is 5.50. The Hall–Kier alpha value is -1.20. The summed E-state index contributed by atoms with van der Waals surface area (Å²) < 4.78 is 10.4. The molecule has 5 nitrogen and oxygen atoms in total. The predicted molar refractivity (Wildman–Crippen MR) is 79.2 cm³/mol. The van der Waals surface area contributed by atoms with Crippen molar-refractivity contribution in [3.05, 3.63) is 17.1 Å². The maximum absolute atomic E-state index is 5.50. The van der Waals surface area contributed by atoms with E-state index in [1.165, 1.54) is 24.1 Å². The zero-order valence-corrected chi connectivity index (χ0v) is 12.6. The van der Waals surface area contributed by atoms with Crippen molar-refractivity contribution in [2.45, 2.75) is 39.0 Å². The molecular formula is C15H25N3O2. The van der Waals surface area contributed by atoms with E-state index in [2.05, 4.69) is 17.2 Å². The third-order valence-electron chi connectivity index (χ3n) is 3.48. The number of nitrogens with one attached hydrogen (secondary N) is 1. The van der Waals surface area contributed by atoms with Gasteiger partial charge in [0.25, 0.3) is 0 Å². The van der Waals surface area contributed by atoms with Gasteiger partial charge in [-0.25, -0.2) is 9.97 Å². The highest BCUT2D eigenvalue weighted by Gasteiger charge is 2.17. The summed E-state index contributed by atoms with van der Waals surface area (Å²) in [6.45, 7) is 4.90. The van der Waals surface area contributed by atoms with Gasteiger partial charge in [-0.1, -0.05) is 0 Å². The molecule has 1 aliphatic carbocycles. The highest BCUT2D eigenvalue weighted by atomic mass is 16.5. The first kappa shape index (κ1) is 15.2. The second-order valence-electron chi connectivity index (χ2n) is 5.01. The first-order valence-electron chi connectivity index (χ1n) is 7.54. The van der Waals surface area contributed by atoms with Crippen LogP contribution in [-0.2, 0) is 28.7 Å². The first-order chi connectivity index (χ1) is 9.85. The summed E-state index contributed by atoms with van der Waals surface area (Å²) in [4.78, 5) is 9.37. The molecule has 0 aliphatic heterocycles. The van der Waals surface area contributed by atoms with Gasteiger partial charge in [-0.05, 0) is 32.6 Å². The van der Waals surface area contributed by atoms with Gasteiger partial charge in [0.2, 0.25) is 0 Å². The molecule has 1 N–H and O–H groups in total. The van der Waals surface area contributed by atoms with Gasteiger partial charge in [0.1, 0.15) is 11.6 Å². The van der Waals surface area contributed by atoms with Crippen LogP contribution in [0.1, 0.15) is 36.8 Å². The Morgan fingerprint density at radius 2 is 1.95 bits per heavy atom. The molecule has 0 saturated heterocycles. The maximum Gasteiger partial charge on any atom is 0.133 e. The number of rotatable bonds is 8. The summed E-state index contributed by atoms with van der Waals surface area (Å²) in [5, 5.41) is 3.37. The van der Waals surface area contributed by atoms with Gasteiger partial charge in [-0.15, -0.1) is 0 Å². The van der Waals surface area contributed by atoms with Crippen molar-refractivity contribution in [2.75, 3.05) is 38.8 Å². The number of anilines is 1. The number of ether oxygens (including phenoxy) is 2. The van der Waals surface area contributed by atoms with Crippen molar-refractivity contribution in [3.8, 4) is 0 Å². The summed E-state index contributed by atoms with van der Waals surface area (Å²) in [5.74, 6) is 1.92. The molecule has 112 valence electrons. The van der Waals surface area contributed by atoms with E-state index >= 15 is 0 Å². The van der Waals surface area contributed by atoms with Crippen LogP contribution >= 0.6 is 0 Å². The van der Waals surface area contributed by atoms with E-state index in [0.29, 0.717) is 19.8 Å². The van der Waals surface area contributed by atoms with Crippen LogP contribution in [-0.4, -0.2) is 43.4 Å². The quantitative estimate of drug-likeness (QED) is 0.738. The lowest BCUT2D eigenvalue weighted by Crippen LogP contribution is -2.16. The molecule has 0 unspecified atom stereocenters. The monoisotopic (exact) mass is 279 g/mol. The van der Waals surface area contributed by atoms with Crippen LogP contribution in [0.15, 0.2) is 0 Å². The SMILES string of the molecule is CCNc1nc(CCOCCOC)nc2c1CCCC2. The fourth-order valence-corrected chi connectivity index (χ4v) is 2.48. The molecule has 0 saturated carbocycles. The van der Waals surface area contributed by atoms with Gasteiger partial charge >= 0.3 is 0 Å². The lowest BCUT2D eigenvalue weighted by atomic mass is 9.96. The molecule has 1 aliphatic rings. The van der Waals surface area contributed by atoms with Crippen molar-refractivity contribution in [1.29, 1.82) is 0 Å². The van der Waals surface area contributed by atoms with E-state index in [0.717, 1.165) is 37.4 Å². The average molecular weight is 279 g/mol. The molecule has 1 aromatic heterocycles. The highest BCUT2D eigenvalue weighted by Crippen LogP contribution is 2.25. The minimum Gasteiger partial charge on any atom is -0.382 e. The number of aromatic nitrogens is 2. The Bertz CT molecular complexity index is 424. The fraction of sp³-hybridized carbons (Fsp3) is 0.733. The van der Waals surface area contributed by atoms with Crippen LogP contribution in [0.2, 0.25) is 0 Å². The highest BCUT2D eigenvalue weighted by molar-refractivity contribution is 5.47. The standard InChI is InChI=1S/C15H25N3O2/c1-3-16-15-12-6-4-5-7-13(12)17-14(18-15)8-9-20-11-10-19-2/h3-11H2,1-2H3,(H,16,17,18). The number of fused-ring (bicyclic) bond motifs is 1. The number of methoxy groups -OCH3 is 1. The van der Waals surface area contributed by atoms with E-state index in [1.54, 1.807) is 7.11 Å².